The van der Waals surface area contributed by atoms with Crippen molar-refractivity contribution in [2.24, 2.45) is 0 Å². The number of hydrogen-bond acceptors (Lipinski definition) is 5. The Hall–Kier alpha value is -2.12. The Morgan fingerprint density at radius 3 is 2.46 bits per heavy atom. The van der Waals surface area contributed by atoms with Crippen molar-refractivity contribution in [3.8, 4) is 5.75 Å². The van der Waals surface area contributed by atoms with E-state index in [0.29, 0.717) is 12.8 Å². The number of anilines is 1. The van der Waals surface area contributed by atoms with Gasteiger partial charge in [-0.05, 0) is 43.6 Å². The van der Waals surface area contributed by atoms with Crippen LogP contribution in [0.25, 0.3) is 0 Å². The van der Waals surface area contributed by atoms with E-state index in [0.717, 1.165) is 19.6 Å². The molecule has 7 heteroatoms. The highest BCUT2D eigenvalue weighted by Crippen LogP contribution is 2.21. The summed E-state index contributed by atoms with van der Waals surface area (Å²) in [4.78, 5) is 6.16. The number of hydrogen-bond donors (Lipinski definition) is 2. The first kappa shape index (κ1) is 16.7. The molecule has 0 bridgehead atoms. The Morgan fingerprint density at radius 2 is 1.83 bits per heavy atom. The van der Waals surface area contributed by atoms with Crippen LogP contribution in [0.3, 0.4) is 0 Å². The number of nitrogens with zero attached hydrogens (tertiary/aromatic N) is 2. The van der Waals surface area contributed by atoms with Crippen LogP contribution in [0.4, 0.5) is 5.82 Å². The number of nitrogens with one attached hydrogen (secondary N) is 1. The van der Waals surface area contributed by atoms with Crippen LogP contribution < -0.4 is 4.72 Å². The lowest BCUT2D eigenvalue weighted by Crippen LogP contribution is -2.40. The van der Waals surface area contributed by atoms with Crippen LogP contribution in [-0.2, 0) is 16.6 Å². The molecule has 128 valence electrons. The fraction of sp³-hybridized carbons (Fsp3) is 0.353. The van der Waals surface area contributed by atoms with Gasteiger partial charge in [0, 0.05) is 6.54 Å². The zero-order valence-corrected chi connectivity index (χ0v) is 14.1. The molecule has 0 unspecified atom stereocenters. The van der Waals surface area contributed by atoms with Crippen LogP contribution in [0.2, 0.25) is 0 Å². The molecular formula is C17H21N3O3S. The van der Waals surface area contributed by atoms with E-state index in [2.05, 4.69) is 26.7 Å². The van der Waals surface area contributed by atoms with E-state index in [1.807, 2.05) is 18.2 Å². The Balaban J connectivity index is 1.56. The van der Waals surface area contributed by atoms with Crippen molar-refractivity contribution < 1.29 is 13.5 Å². The van der Waals surface area contributed by atoms with Crippen LogP contribution in [0.5, 0.6) is 5.75 Å². The lowest BCUT2D eigenvalue weighted by atomic mass is 10.1. The molecule has 0 atom stereocenters. The third-order valence-electron chi connectivity index (χ3n) is 4.22. The number of benzene rings is 1. The molecule has 2 N–H and O–H groups in total. The van der Waals surface area contributed by atoms with Gasteiger partial charge in [-0.25, -0.2) is 13.4 Å². The first-order chi connectivity index (χ1) is 11.5. The smallest absolute Gasteiger partial charge is 0.236 e. The van der Waals surface area contributed by atoms with E-state index in [-0.39, 0.29) is 11.6 Å². The van der Waals surface area contributed by atoms with Gasteiger partial charge in [0.2, 0.25) is 10.0 Å². The normalized spacial score (nSPS) is 16.8. The van der Waals surface area contributed by atoms with Crippen LogP contribution in [0.1, 0.15) is 18.4 Å². The standard InChI is InChI=1S/C17H21N3O3S/c21-15-6-7-17(18-12-15)19-24(22,23)16-8-10-20(11-9-16)13-14-4-2-1-3-5-14/h1-7,12,16,21H,8-11,13H2,(H,18,19). The summed E-state index contributed by atoms with van der Waals surface area (Å²) in [5.74, 6) is 0.242. The third-order valence-corrected chi connectivity index (χ3v) is 6.06. The molecule has 6 nitrogen and oxygen atoms in total. The average Bonchev–Trinajstić information content (AvgIpc) is 2.58. The molecule has 1 aromatic carbocycles. The quantitative estimate of drug-likeness (QED) is 0.866. The van der Waals surface area contributed by atoms with Gasteiger partial charge in [0.25, 0.3) is 0 Å². The topological polar surface area (TPSA) is 82.5 Å². The van der Waals surface area contributed by atoms with E-state index in [9.17, 15) is 13.5 Å². The van der Waals surface area contributed by atoms with Gasteiger partial charge in [-0.2, -0.15) is 0 Å². The fourth-order valence-electron chi connectivity index (χ4n) is 2.89. The molecule has 1 aliphatic heterocycles. The van der Waals surface area contributed by atoms with E-state index < -0.39 is 15.3 Å². The first-order valence-electron chi connectivity index (χ1n) is 7.96. The van der Waals surface area contributed by atoms with Gasteiger partial charge < -0.3 is 5.11 Å². The number of piperidine rings is 1. The van der Waals surface area contributed by atoms with Gasteiger partial charge in [-0.15, -0.1) is 0 Å². The number of aromatic hydroxyl groups is 1. The van der Waals surface area contributed by atoms with Crippen molar-refractivity contribution in [1.29, 1.82) is 0 Å². The number of likely N-dealkylation sites (tertiary alicyclic amines) is 1. The summed E-state index contributed by atoms with van der Waals surface area (Å²) in [5.41, 5.74) is 1.24. The first-order valence-corrected chi connectivity index (χ1v) is 9.50. The van der Waals surface area contributed by atoms with Gasteiger partial charge in [0.1, 0.15) is 11.6 Å². The minimum atomic E-state index is -3.47. The lowest BCUT2D eigenvalue weighted by molar-refractivity contribution is 0.222. The number of pyridine rings is 1. The van der Waals surface area contributed by atoms with Gasteiger partial charge >= 0.3 is 0 Å². The second-order valence-electron chi connectivity index (χ2n) is 6.01. The summed E-state index contributed by atoms with van der Waals surface area (Å²) in [6, 6.07) is 13.1. The van der Waals surface area contributed by atoms with Gasteiger partial charge in [0.15, 0.2) is 0 Å². The number of rotatable bonds is 5. The highest BCUT2D eigenvalue weighted by atomic mass is 32.2. The predicted molar refractivity (Wildman–Crippen MR) is 93.2 cm³/mol. The monoisotopic (exact) mass is 347 g/mol. The Morgan fingerprint density at radius 1 is 1.12 bits per heavy atom. The average molecular weight is 347 g/mol. The molecule has 0 amide bonds. The second-order valence-corrected chi connectivity index (χ2v) is 7.97. The van der Waals surface area contributed by atoms with Crippen molar-refractivity contribution in [1.82, 2.24) is 9.88 Å². The molecule has 0 aliphatic carbocycles. The van der Waals surface area contributed by atoms with Crippen LogP contribution in [0.15, 0.2) is 48.7 Å². The highest BCUT2D eigenvalue weighted by molar-refractivity contribution is 7.93. The zero-order valence-electron chi connectivity index (χ0n) is 13.3. The molecule has 1 aromatic heterocycles. The van der Waals surface area contributed by atoms with Gasteiger partial charge in [-0.1, -0.05) is 30.3 Å². The summed E-state index contributed by atoms with van der Waals surface area (Å²) < 4.78 is 27.5. The maximum absolute atomic E-state index is 12.5. The molecule has 0 saturated carbocycles. The molecular weight excluding hydrogens is 326 g/mol. The summed E-state index contributed by atoms with van der Waals surface area (Å²) in [5, 5.41) is 8.79. The highest BCUT2D eigenvalue weighted by Gasteiger charge is 2.30. The van der Waals surface area contributed by atoms with Gasteiger partial charge in [-0.3, -0.25) is 9.62 Å². The number of aromatic nitrogens is 1. The molecule has 3 rings (SSSR count). The zero-order chi connectivity index (χ0) is 17.0. The number of sulfonamides is 1. The fourth-order valence-corrected chi connectivity index (χ4v) is 4.31. The summed E-state index contributed by atoms with van der Waals surface area (Å²) in [6.07, 6.45) is 2.42. The van der Waals surface area contributed by atoms with E-state index in [1.165, 1.54) is 23.9 Å². The maximum Gasteiger partial charge on any atom is 0.236 e. The van der Waals surface area contributed by atoms with Crippen molar-refractivity contribution >= 4 is 15.8 Å². The summed E-state index contributed by atoms with van der Waals surface area (Å²) in [7, 11) is -3.47. The summed E-state index contributed by atoms with van der Waals surface area (Å²) in [6.45, 7) is 2.35. The summed E-state index contributed by atoms with van der Waals surface area (Å²) >= 11 is 0. The molecule has 1 aliphatic rings. The van der Waals surface area contributed by atoms with Crippen LogP contribution in [-0.4, -0.2) is 41.7 Å². The molecule has 24 heavy (non-hydrogen) atoms. The minimum absolute atomic E-state index is 0.00664. The molecule has 0 spiro atoms. The molecule has 2 aromatic rings. The van der Waals surface area contributed by atoms with E-state index in [4.69, 9.17) is 0 Å². The Bertz CT molecular complexity index is 755. The van der Waals surface area contributed by atoms with E-state index in [1.54, 1.807) is 0 Å². The molecule has 1 saturated heterocycles. The maximum atomic E-state index is 12.5. The van der Waals surface area contributed by atoms with Crippen LogP contribution in [0, 0.1) is 0 Å². The Labute approximate surface area is 142 Å². The minimum Gasteiger partial charge on any atom is -0.506 e. The molecule has 1 fully saturated rings. The van der Waals surface area contributed by atoms with Crippen molar-refractivity contribution in [3.63, 3.8) is 0 Å². The molecule has 2 heterocycles. The largest absolute Gasteiger partial charge is 0.506 e. The van der Waals surface area contributed by atoms with Gasteiger partial charge in [0.05, 0.1) is 11.4 Å². The van der Waals surface area contributed by atoms with E-state index >= 15 is 0 Å². The van der Waals surface area contributed by atoms with Crippen LogP contribution >= 0.6 is 0 Å². The van der Waals surface area contributed by atoms with Crippen molar-refractivity contribution in [3.05, 3.63) is 54.2 Å². The molecule has 0 radical (unpaired) electrons. The third kappa shape index (κ3) is 4.24. The Kier molecular flexibility index (Phi) is 5.01. The van der Waals surface area contributed by atoms with Crippen molar-refractivity contribution in [2.45, 2.75) is 24.6 Å². The second kappa shape index (κ2) is 7.19. The predicted octanol–water partition coefficient (Wildman–Crippen LogP) is 2.19. The lowest BCUT2D eigenvalue weighted by Gasteiger charge is -2.31. The van der Waals surface area contributed by atoms with Crippen molar-refractivity contribution in [2.75, 3.05) is 17.8 Å². The SMILES string of the molecule is O=S(=O)(Nc1ccc(O)cn1)C1CCN(Cc2ccccc2)CC1.